The number of sulfonamides is 1. The molecule has 0 fully saturated rings. The van der Waals surface area contributed by atoms with Crippen molar-refractivity contribution in [3.05, 3.63) is 90.1 Å². The van der Waals surface area contributed by atoms with Crippen LogP contribution in [0.1, 0.15) is 59.1 Å². The van der Waals surface area contributed by atoms with Gasteiger partial charge in [0.25, 0.3) is 0 Å². The van der Waals surface area contributed by atoms with E-state index in [-0.39, 0.29) is 19.3 Å². The molecule has 13 heteroatoms. The van der Waals surface area contributed by atoms with Gasteiger partial charge in [-0.15, -0.1) is 0 Å². The van der Waals surface area contributed by atoms with Crippen LogP contribution in [0.5, 0.6) is 0 Å². The van der Waals surface area contributed by atoms with E-state index in [0.29, 0.717) is 0 Å². The van der Waals surface area contributed by atoms with Crippen molar-refractivity contribution >= 4 is 27.9 Å². The number of hydrogen-bond donors (Lipinski definition) is 5. The first-order valence-electron chi connectivity index (χ1n) is 16.9. The monoisotopic (exact) mass is 723 g/mol. The summed E-state index contributed by atoms with van der Waals surface area (Å²) in [7, 11) is -2.41. The van der Waals surface area contributed by atoms with E-state index in [1.807, 2.05) is 72.8 Å². The average molecular weight is 724 g/mol. The summed E-state index contributed by atoms with van der Waals surface area (Å²) < 4.78 is 26.9. The fourth-order valence-corrected chi connectivity index (χ4v) is 6.96. The van der Waals surface area contributed by atoms with Gasteiger partial charge in [0, 0.05) is 24.8 Å². The normalized spacial score (nSPS) is 15.2. The van der Waals surface area contributed by atoms with Gasteiger partial charge >= 0.3 is 6.09 Å². The molecule has 0 aliphatic rings. The summed E-state index contributed by atoms with van der Waals surface area (Å²) in [6.07, 6.45) is 0.712. The van der Waals surface area contributed by atoms with Crippen molar-refractivity contribution in [3.63, 3.8) is 0 Å². The lowest BCUT2D eigenvalue weighted by atomic mass is 9.84. The molecule has 3 amide bonds. The van der Waals surface area contributed by atoms with E-state index in [2.05, 4.69) is 20.3 Å². The fraction of sp³-hybridized carbons (Fsp3) is 0.474. The van der Waals surface area contributed by atoms with Gasteiger partial charge < -0.3 is 20.8 Å². The number of likely N-dealkylation sites (N-methyl/N-ethyl adjacent to an activating group) is 1. The largest absolute Gasteiger partial charge is 0.465 e. The number of aromatic nitrogens is 1. The van der Waals surface area contributed by atoms with E-state index in [9.17, 15) is 33.0 Å². The van der Waals surface area contributed by atoms with E-state index in [1.165, 1.54) is 7.05 Å². The first-order valence-corrected chi connectivity index (χ1v) is 18.8. The summed E-state index contributed by atoms with van der Waals surface area (Å²) in [5.41, 5.74) is 1.81. The zero-order valence-corrected chi connectivity index (χ0v) is 31.6. The molecule has 5 N–H and O–H groups in total. The van der Waals surface area contributed by atoms with Gasteiger partial charge in [0.05, 0.1) is 24.1 Å². The van der Waals surface area contributed by atoms with Crippen LogP contribution < -0.4 is 15.4 Å². The second-order valence-corrected chi connectivity index (χ2v) is 17.1. The highest BCUT2D eigenvalue weighted by molar-refractivity contribution is 7.88. The SMILES string of the molecule is CN(C(=O)O)[C@H](C(=O)N[C@@H](Cc1ccc(-c2ccccn2)cc1)C[C@H](O)[C@H](Cc1ccccc1)NC(=O)[C@@H](NS(C)(=O)=O)C(C)(C)C)C(C)(C)C. The van der Waals surface area contributed by atoms with Gasteiger partial charge in [-0.2, -0.15) is 0 Å². The van der Waals surface area contributed by atoms with Crippen LogP contribution in [0.4, 0.5) is 4.79 Å². The number of nitrogens with zero attached hydrogens (tertiary/aromatic N) is 2. The Hall–Kier alpha value is -4.33. The second-order valence-electron chi connectivity index (χ2n) is 15.3. The van der Waals surface area contributed by atoms with Crippen molar-refractivity contribution in [1.29, 1.82) is 0 Å². The number of pyridine rings is 1. The molecule has 51 heavy (non-hydrogen) atoms. The van der Waals surface area contributed by atoms with Crippen molar-refractivity contribution in [3.8, 4) is 11.3 Å². The van der Waals surface area contributed by atoms with E-state index < -0.39 is 69.0 Å². The standard InChI is InChI=1S/C38H53N5O7S/c1-37(2,3)32(42-51(8,49)50)34(45)41-30(23-25-14-10-9-11-15-25)31(44)24-28(40-35(46)33(38(4,5)6)43(7)36(47)48)22-26-17-19-27(20-18-26)29-16-12-13-21-39-29/h9-21,28,30-33,42,44H,22-24H2,1-8H3,(H,40,46)(H,41,45)(H,47,48)/t28-,30-,31-,32+,33+/m0/s1. The highest BCUT2D eigenvalue weighted by atomic mass is 32.2. The van der Waals surface area contributed by atoms with Crippen molar-refractivity contribution in [2.45, 2.75) is 91.1 Å². The molecule has 0 saturated carbocycles. The van der Waals surface area contributed by atoms with E-state index in [4.69, 9.17) is 0 Å². The molecular weight excluding hydrogens is 671 g/mol. The maximum Gasteiger partial charge on any atom is 0.407 e. The van der Waals surface area contributed by atoms with Crippen LogP contribution in [0.15, 0.2) is 79.0 Å². The van der Waals surface area contributed by atoms with Gasteiger partial charge in [0.1, 0.15) is 12.1 Å². The summed E-state index contributed by atoms with van der Waals surface area (Å²) in [4.78, 5) is 45.0. The van der Waals surface area contributed by atoms with Crippen molar-refractivity contribution < 1.29 is 33.0 Å². The topological polar surface area (TPSA) is 178 Å². The third kappa shape index (κ3) is 12.7. The quantitative estimate of drug-likeness (QED) is 0.155. The van der Waals surface area contributed by atoms with Gasteiger partial charge in [-0.3, -0.25) is 19.5 Å². The van der Waals surface area contributed by atoms with Crippen LogP contribution >= 0.6 is 0 Å². The van der Waals surface area contributed by atoms with E-state index in [0.717, 1.165) is 33.5 Å². The summed E-state index contributed by atoms with van der Waals surface area (Å²) >= 11 is 0. The molecule has 1 heterocycles. The van der Waals surface area contributed by atoms with Crippen LogP contribution in [0.25, 0.3) is 11.3 Å². The molecule has 0 aliphatic carbocycles. The number of carboxylic acid groups (broad SMARTS) is 1. The number of carbonyl (C=O) groups excluding carboxylic acids is 2. The Morgan fingerprint density at radius 2 is 1.39 bits per heavy atom. The third-order valence-electron chi connectivity index (χ3n) is 8.58. The fourth-order valence-electron chi connectivity index (χ4n) is 6.07. The molecule has 12 nitrogen and oxygen atoms in total. The predicted molar refractivity (Wildman–Crippen MR) is 198 cm³/mol. The molecule has 3 aromatic rings. The van der Waals surface area contributed by atoms with Crippen molar-refractivity contribution in [1.82, 2.24) is 25.2 Å². The van der Waals surface area contributed by atoms with Gasteiger partial charge in [-0.25, -0.2) is 17.9 Å². The Kier molecular flexibility index (Phi) is 13.9. The van der Waals surface area contributed by atoms with E-state index >= 15 is 0 Å². The number of aliphatic hydroxyl groups is 1. The molecule has 0 aliphatic heterocycles. The number of amides is 3. The lowest BCUT2D eigenvalue weighted by Gasteiger charge is -2.37. The number of aliphatic hydroxyl groups excluding tert-OH is 1. The zero-order valence-electron chi connectivity index (χ0n) is 30.8. The summed E-state index contributed by atoms with van der Waals surface area (Å²) in [5, 5.41) is 27.6. The first-order chi connectivity index (χ1) is 23.7. The van der Waals surface area contributed by atoms with Crippen LogP contribution in [-0.4, -0.2) is 90.0 Å². The molecule has 1 aromatic heterocycles. The number of benzene rings is 2. The minimum Gasteiger partial charge on any atom is -0.465 e. The first kappa shape index (κ1) is 41.1. The lowest BCUT2D eigenvalue weighted by molar-refractivity contribution is -0.130. The number of carbonyl (C=O) groups is 3. The number of nitrogens with one attached hydrogen (secondary N) is 3. The lowest BCUT2D eigenvalue weighted by Crippen LogP contribution is -2.58. The summed E-state index contributed by atoms with van der Waals surface area (Å²) in [5.74, 6) is -1.13. The van der Waals surface area contributed by atoms with E-state index in [1.54, 1.807) is 47.7 Å². The van der Waals surface area contributed by atoms with Crippen molar-refractivity contribution in [2.24, 2.45) is 10.8 Å². The minimum atomic E-state index is -3.76. The predicted octanol–water partition coefficient (Wildman–Crippen LogP) is 4.24. The smallest absolute Gasteiger partial charge is 0.407 e. The Balaban J connectivity index is 1.98. The van der Waals surface area contributed by atoms with Crippen LogP contribution in [0.2, 0.25) is 0 Å². The van der Waals surface area contributed by atoms with Gasteiger partial charge in [0.2, 0.25) is 21.8 Å². The molecule has 2 aromatic carbocycles. The molecular formula is C38H53N5O7S. The van der Waals surface area contributed by atoms with Crippen LogP contribution in [-0.2, 0) is 32.5 Å². The Morgan fingerprint density at radius 3 is 1.90 bits per heavy atom. The second kappa shape index (κ2) is 17.3. The molecule has 5 atom stereocenters. The highest BCUT2D eigenvalue weighted by Gasteiger charge is 2.39. The molecule has 3 rings (SSSR count). The van der Waals surface area contributed by atoms with Gasteiger partial charge in [0.15, 0.2) is 0 Å². The highest BCUT2D eigenvalue weighted by Crippen LogP contribution is 2.26. The molecule has 0 saturated heterocycles. The third-order valence-corrected chi connectivity index (χ3v) is 9.24. The Bertz CT molecular complexity index is 1710. The molecule has 0 unspecified atom stereocenters. The summed E-state index contributed by atoms with van der Waals surface area (Å²) in [6.45, 7) is 10.5. The Labute approximate surface area is 302 Å². The molecule has 0 radical (unpaired) electrons. The van der Waals surface area contributed by atoms with Gasteiger partial charge in [-0.05, 0) is 53.4 Å². The number of hydrogen-bond acceptors (Lipinski definition) is 7. The van der Waals surface area contributed by atoms with Crippen molar-refractivity contribution in [2.75, 3.05) is 13.3 Å². The zero-order chi connectivity index (χ0) is 38.1. The molecule has 0 spiro atoms. The number of rotatable bonds is 15. The maximum absolute atomic E-state index is 13.9. The van der Waals surface area contributed by atoms with Crippen LogP contribution in [0, 0.1) is 10.8 Å². The Morgan fingerprint density at radius 1 is 0.804 bits per heavy atom. The maximum atomic E-state index is 13.9. The van der Waals surface area contributed by atoms with Gasteiger partial charge in [-0.1, -0.05) is 102 Å². The van der Waals surface area contributed by atoms with Crippen LogP contribution in [0.3, 0.4) is 0 Å². The molecule has 278 valence electrons. The molecule has 0 bridgehead atoms. The summed E-state index contributed by atoms with van der Waals surface area (Å²) in [6, 6.07) is 18.8. The average Bonchev–Trinajstić information content (AvgIpc) is 3.03. The minimum absolute atomic E-state index is 0.0150.